The maximum Gasteiger partial charge on any atom is 0.492 e. The van der Waals surface area contributed by atoms with Crippen molar-refractivity contribution in [3.05, 3.63) is 24.7 Å². The Balaban J connectivity index is 2.73. The Morgan fingerprint density at radius 3 is 3.00 bits per heavy atom. The van der Waals surface area contributed by atoms with Crippen LogP contribution in [-0.2, 0) is 0 Å². The van der Waals surface area contributed by atoms with Crippen LogP contribution < -0.4 is 5.46 Å². The molecule has 0 bridgehead atoms. The second-order valence-corrected chi connectivity index (χ2v) is 2.40. The summed E-state index contributed by atoms with van der Waals surface area (Å²) in [4.78, 5) is 0. The number of nitrogens with zero attached hydrogens (tertiary/aromatic N) is 3. The number of pyridine rings is 1. The zero-order chi connectivity index (χ0) is 8.55. The summed E-state index contributed by atoms with van der Waals surface area (Å²) in [6.45, 7) is 0. The van der Waals surface area contributed by atoms with E-state index in [4.69, 9.17) is 10.0 Å². The SMILES string of the molecule is OB(O)c1cccn2cnnc12. The highest BCUT2D eigenvalue weighted by Crippen LogP contribution is 1.94. The van der Waals surface area contributed by atoms with Crippen LogP contribution in [0.5, 0.6) is 0 Å². The van der Waals surface area contributed by atoms with Crippen molar-refractivity contribution in [1.82, 2.24) is 14.6 Å². The van der Waals surface area contributed by atoms with Crippen LogP contribution in [-0.4, -0.2) is 31.8 Å². The predicted molar refractivity (Wildman–Crippen MR) is 42.8 cm³/mol. The van der Waals surface area contributed by atoms with Crippen LogP contribution in [0.1, 0.15) is 0 Å². The van der Waals surface area contributed by atoms with Gasteiger partial charge in [-0.15, -0.1) is 10.2 Å². The van der Waals surface area contributed by atoms with Crippen molar-refractivity contribution in [3.63, 3.8) is 0 Å². The van der Waals surface area contributed by atoms with Crippen LogP contribution in [0, 0.1) is 0 Å². The monoisotopic (exact) mass is 163 g/mol. The van der Waals surface area contributed by atoms with Crippen LogP contribution in [0.25, 0.3) is 5.65 Å². The van der Waals surface area contributed by atoms with E-state index in [1.54, 1.807) is 22.7 Å². The molecule has 2 rings (SSSR count). The number of aromatic nitrogens is 3. The quantitative estimate of drug-likeness (QED) is 0.497. The van der Waals surface area contributed by atoms with Gasteiger partial charge in [0.1, 0.15) is 6.33 Å². The van der Waals surface area contributed by atoms with Gasteiger partial charge in [0.15, 0.2) is 5.65 Å². The standard InChI is InChI=1S/C6H6BN3O2/c11-7(12)5-2-1-3-10-4-8-9-6(5)10/h1-4,11-12H. The van der Waals surface area contributed by atoms with Crippen molar-refractivity contribution in [3.8, 4) is 0 Å². The fraction of sp³-hybridized carbons (Fsp3) is 0. The molecular formula is C6H6BN3O2. The molecule has 0 aliphatic rings. The van der Waals surface area contributed by atoms with E-state index in [-0.39, 0.29) is 0 Å². The minimum atomic E-state index is -1.50. The van der Waals surface area contributed by atoms with Crippen molar-refractivity contribution in [2.75, 3.05) is 0 Å². The van der Waals surface area contributed by atoms with Crippen molar-refractivity contribution in [2.45, 2.75) is 0 Å². The molecular weight excluding hydrogens is 157 g/mol. The summed E-state index contributed by atoms with van der Waals surface area (Å²) < 4.78 is 1.62. The van der Waals surface area contributed by atoms with Gasteiger partial charge in [0, 0.05) is 11.7 Å². The Morgan fingerprint density at radius 2 is 2.25 bits per heavy atom. The van der Waals surface area contributed by atoms with Crippen LogP contribution >= 0.6 is 0 Å². The van der Waals surface area contributed by atoms with E-state index < -0.39 is 7.12 Å². The lowest BCUT2D eigenvalue weighted by Gasteiger charge is -1.99. The summed E-state index contributed by atoms with van der Waals surface area (Å²) in [5.74, 6) is 0. The third kappa shape index (κ3) is 0.974. The molecule has 0 aliphatic heterocycles. The smallest absolute Gasteiger partial charge is 0.423 e. The van der Waals surface area contributed by atoms with Crippen LogP contribution in [0.4, 0.5) is 0 Å². The third-order valence-corrected chi connectivity index (χ3v) is 1.63. The van der Waals surface area contributed by atoms with Crippen molar-refractivity contribution >= 4 is 18.2 Å². The fourth-order valence-corrected chi connectivity index (χ4v) is 1.07. The molecule has 0 aliphatic carbocycles. The molecule has 0 amide bonds. The van der Waals surface area contributed by atoms with Gasteiger partial charge in [-0.3, -0.25) is 4.40 Å². The molecule has 0 aromatic carbocycles. The Kier molecular flexibility index (Phi) is 1.56. The van der Waals surface area contributed by atoms with Gasteiger partial charge in [0.25, 0.3) is 0 Å². The molecule has 0 fully saturated rings. The molecule has 6 heteroatoms. The van der Waals surface area contributed by atoms with E-state index >= 15 is 0 Å². The molecule has 2 aromatic heterocycles. The molecule has 2 heterocycles. The molecule has 0 atom stereocenters. The minimum absolute atomic E-state index is 0.356. The third-order valence-electron chi connectivity index (χ3n) is 1.63. The largest absolute Gasteiger partial charge is 0.492 e. The molecule has 12 heavy (non-hydrogen) atoms. The first kappa shape index (κ1) is 7.26. The Morgan fingerprint density at radius 1 is 1.42 bits per heavy atom. The Bertz CT molecular complexity index is 400. The lowest BCUT2D eigenvalue weighted by molar-refractivity contribution is 0.426. The van der Waals surface area contributed by atoms with Crippen molar-refractivity contribution in [1.29, 1.82) is 0 Å². The normalized spacial score (nSPS) is 10.5. The van der Waals surface area contributed by atoms with E-state index in [1.165, 1.54) is 6.33 Å². The average molecular weight is 163 g/mol. The number of fused-ring (bicyclic) bond motifs is 1. The zero-order valence-electron chi connectivity index (χ0n) is 6.12. The highest BCUT2D eigenvalue weighted by atomic mass is 16.4. The number of rotatable bonds is 1. The topological polar surface area (TPSA) is 70.7 Å². The molecule has 5 nitrogen and oxygen atoms in total. The van der Waals surface area contributed by atoms with Crippen LogP contribution in [0.2, 0.25) is 0 Å². The van der Waals surface area contributed by atoms with E-state index in [0.29, 0.717) is 11.1 Å². The summed E-state index contributed by atoms with van der Waals surface area (Å²) in [7, 11) is -1.50. The van der Waals surface area contributed by atoms with Gasteiger partial charge < -0.3 is 10.0 Å². The molecule has 0 saturated carbocycles. The summed E-state index contributed by atoms with van der Waals surface area (Å²) in [5.41, 5.74) is 0.822. The summed E-state index contributed by atoms with van der Waals surface area (Å²) in [6, 6.07) is 3.29. The van der Waals surface area contributed by atoms with Gasteiger partial charge >= 0.3 is 7.12 Å². The van der Waals surface area contributed by atoms with E-state index in [1.807, 2.05) is 0 Å². The van der Waals surface area contributed by atoms with Gasteiger partial charge in [-0.2, -0.15) is 0 Å². The molecule has 60 valence electrons. The lowest BCUT2D eigenvalue weighted by Crippen LogP contribution is -2.31. The zero-order valence-corrected chi connectivity index (χ0v) is 6.12. The summed E-state index contributed by atoms with van der Waals surface area (Å²) in [6.07, 6.45) is 3.24. The minimum Gasteiger partial charge on any atom is -0.423 e. The van der Waals surface area contributed by atoms with Crippen molar-refractivity contribution in [2.24, 2.45) is 0 Å². The van der Waals surface area contributed by atoms with Gasteiger partial charge in [0.05, 0.1) is 0 Å². The summed E-state index contributed by atoms with van der Waals surface area (Å²) >= 11 is 0. The molecule has 2 N–H and O–H groups in total. The Hall–Kier alpha value is -1.40. The second-order valence-electron chi connectivity index (χ2n) is 2.40. The molecule has 2 aromatic rings. The maximum atomic E-state index is 8.91. The summed E-state index contributed by atoms with van der Waals surface area (Å²) in [5, 5.41) is 25.2. The first-order chi connectivity index (χ1) is 5.79. The Labute approximate surface area is 68.4 Å². The second kappa shape index (κ2) is 2.58. The van der Waals surface area contributed by atoms with Crippen LogP contribution in [0.3, 0.4) is 0 Å². The highest BCUT2D eigenvalue weighted by Gasteiger charge is 2.15. The maximum absolute atomic E-state index is 8.91. The van der Waals surface area contributed by atoms with Crippen LogP contribution in [0.15, 0.2) is 24.7 Å². The van der Waals surface area contributed by atoms with Gasteiger partial charge in [-0.25, -0.2) is 0 Å². The van der Waals surface area contributed by atoms with E-state index in [9.17, 15) is 0 Å². The highest BCUT2D eigenvalue weighted by molar-refractivity contribution is 6.60. The molecule has 0 unspecified atom stereocenters. The molecule has 0 radical (unpaired) electrons. The molecule has 0 spiro atoms. The van der Waals surface area contributed by atoms with Gasteiger partial charge in [0.2, 0.25) is 0 Å². The van der Waals surface area contributed by atoms with Gasteiger partial charge in [-0.05, 0) is 6.07 Å². The van der Waals surface area contributed by atoms with E-state index in [0.717, 1.165) is 0 Å². The fourth-order valence-electron chi connectivity index (χ4n) is 1.07. The first-order valence-electron chi connectivity index (χ1n) is 3.43. The number of hydrogen-bond acceptors (Lipinski definition) is 4. The van der Waals surface area contributed by atoms with Gasteiger partial charge in [-0.1, -0.05) is 6.07 Å². The first-order valence-corrected chi connectivity index (χ1v) is 3.43. The average Bonchev–Trinajstić information content (AvgIpc) is 2.49. The lowest BCUT2D eigenvalue weighted by atomic mass is 9.81. The van der Waals surface area contributed by atoms with E-state index in [2.05, 4.69) is 10.2 Å². The van der Waals surface area contributed by atoms with Crippen molar-refractivity contribution < 1.29 is 10.0 Å². The predicted octanol–water partition coefficient (Wildman–Crippen LogP) is -1.59. The molecule has 0 saturated heterocycles. The number of hydrogen-bond donors (Lipinski definition) is 2.